The highest BCUT2D eigenvalue weighted by Crippen LogP contribution is 2.54. The number of nitrogens with one attached hydrogen (secondary N) is 2. The summed E-state index contributed by atoms with van der Waals surface area (Å²) in [6, 6.07) is 31.8. The molecule has 0 fully saturated rings. The molecule has 4 aromatic carbocycles. The molecule has 0 spiro atoms. The minimum atomic E-state index is -0.183. The van der Waals surface area contributed by atoms with Crippen molar-refractivity contribution in [3.63, 3.8) is 0 Å². The molecule has 0 amide bonds. The van der Waals surface area contributed by atoms with Crippen LogP contribution in [0.4, 0.5) is 0 Å². The van der Waals surface area contributed by atoms with Crippen LogP contribution < -0.4 is 0 Å². The first-order valence-corrected chi connectivity index (χ1v) is 11.5. The molecular formula is C30H22N2O2. The van der Waals surface area contributed by atoms with E-state index in [9.17, 15) is 10.2 Å². The van der Waals surface area contributed by atoms with Crippen molar-refractivity contribution in [2.75, 3.05) is 0 Å². The van der Waals surface area contributed by atoms with Gasteiger partial charge in [-0.25, -0.2) is 0 Å². The lowest BCUT2D eigenvalue weighted by Gasteiger charge is -2.31. The van der Waals surface area contributed by atoms with Gasteiger partial charge in [0.2, 0.25) is 0 Å². The largest absolute Gasteiger partial charge is 0.508 e. The molecular weight excluding hydrogens is 420 g/mol. The fourth-order valence-electron chi connectivity index (χ4n) is 5.82. The van der Waals surface area contributed by atoms with Crippen molar-refractivity contribution in [2.45, 2.75) is 11.8 Å². The molecule has 0 aliphatic heterocycles. The van der Waals surface area contributed by atoms with Gasteiger partial charge in [0.1, 0.15) is 11.5 Å². The first-order valence-electron chi connectivity index (χ1n) is 11.5. The van der Waals surface area contributed by atoms with Gasteiger partial charge in [-0.15, -0.1) is 0 Å². The van der Waals surface area contributed by atoms with E-state index in [2.05, 4.69) is 34.2 Å². The lowest BCUT2D eigenvalue weighted by molar-refractivity contribution is 0.463. The number of phenols is 2. The van der Waals surface area contributed by atoms with E-state index in [1.807, 2.05) is 60.7 Å². The Morgan fingerprint density at radius 2 is 0.853 bits per heavy atom. The Hall–Kier alpha value is -4.44. The zero-order chi connectivity index (χ0) is 22.8. The van der Waals surface area contributed by atoms with Crippen molar-refractivity contribution in [1.82, 2.24) is 9.97 Å². The van der Waals surface area contributed by atoms with Crippen LogP contribution in [0.25, 0.3) is 21.8 Å². The van der Waals surface area contributed by atoms with E-state index in [4.69, 9.17) is 0 Å². The minimum absolute atomic E-state index is 0.183. The molecule has 4 heteroatoms. The average molecular weight is 443 g/mol. The third-order valence-electron chi connectivity index (χ3n) is 7.20. The Kier molecular flexibility index (Phi) is 3.94. The number of hydrogen-bond acceptors (Lipinski definition) is 2. The summed E-state index contributed by atoms with van der Waals surface area (Å²) >= 11 is 0. The first kappa shape index (κ1) is 19.1. The standard InChI is InChI=1S/C30H22N2O2/c33-23-15-7-3-11-19(23)27-25-17-9-1-5-13-21(17)31-29(25)28(20-12-4-8-16-24(20)34)26-18-10-2-6-14-22(18)32-30(26)27/h1-16,27-28,31-34H. The Morgan fingerprint density at radius 1 is 0.471 bits per heavy atom. The second-order valence-corrected chi connectivity index (χ2v) is 8.98. The molecule has 0 saturated carbocycles. The SMILES string of the molecule is Oc1ccccc1C1c2[nH]c3ccccc3c2C(c2ccccc2O)c2[nH]c3ccccc3c21. The molecule has 1 aliphatic rings. The predicted octanol–water partition coefficient (Wildman–Crippen LogP) is 6.73. The highest BCUT2D eigenvalue weighted by Gasteiger charge is 2.40. The third-order valence-corrected chi connectivity index (χ3v) is 7.20. The monoisotopic (exact) mass is 442 g/mol. The summed E-state index contributed by atoms with van der Waals surface area (Å²) in [7, 11) is 0. The number of benzene rings is 4. The van der Waals surface area contributed by atoms with E-state index in [1.54, 1.807) is 12.1 Å². The fourth-order valence-corrected chi connectivity index (χ4v) is 5.82. The number of aromatic amines is 2. The number of aromatic nitrogens is 2. The molecule has 2 heterocycles. The molecule has 1 aliphatic carbocycles. The summed E-state index contributed by atoms with van der Waals surface area (Å²) in [5.74, 6) is 0.178. The maximum absolute atomic E-state index is 11.0. The van der Waals surface area contributed by atoms with Gasteiger partial charge in [0.15, 0.2) is 0 Å². The summed E-state index contributed by atoms with van der Waals surface area (Å²) in [6.45, 7) is 0. The zero-order valence-corrected chi connectivity index (χ0v) is 18.3. The molecule has 0 bridgehead atoms. The van der Waals surface area contributed by atoms with Crippen molar-refractivity contribution < 1.29 is 10.2 Å². The molecule has 164 valence electrons. The van der Waals surface area contributed by atoms with Crippen LogP contribution in [0.15, 0.2) is 97.1 Å². The zero-order valence-electron chi connectivity index (χ0n) is 18.3. The van der Waals surface area contributed by atoms with E-state index in [0.717, 1.165) is 55.4 Å². The van der Waals surface area contributed by atoms with Crippen LogP contribution in [-0.4, -0.2) is 20.2 Å². The van der Waals surface area contributed by atoms with Gasteiger partial charge in [0.25, 0.3) is 0 Å². The van der Waals surface area contributed by atoms with E-state index < -0.39 is 0 Å². The molecule has 34 heavy (non-hydrogen) atoms. The van der Waals surface area contributed by atoms with Gasteiger partial charge in [0.05, 0.1) is 11.8 Å². The molecule has 2 unspecified atom stereocenters. The van der Waals surface area contributed by atoms with Crippen molar-refractivity contribution in [3.8, 4) is 11.5 Å². The maximum atomic E-state index is 11.0. The van der Waals surface area contributed by atoms with Crippen molar-refractivity contribution >= 4 is 21.8 Å². The maximum Gasteiger partial charge on any atom is 0.119 e. The van der Waals surface area contributed by atoms with E-state index in [-0.39, 0.29) is 23.3 Å². The quantitative estimate of drug-likeness (QED) is 0.240. The summed E-state index contributed by atoms with van der Waals surface area (Å²) < 4.78 is 0. The first-order chi connectivity index (χ1) is 16.7. The van der Waals surface area contributed by atoms with Gasteiger partial charge in [-0.1, -0.05) is 72.8 Å². The van der Waals surface area contributed by atoms with Crippen molar-refractivity contribution in [2.24, 2.45) is 0 Å². The molecule has 4 nitrogen and oxygen atoms in total. The summed E-state index contributed by atoms with van der Waals surface area (Å²) in [5, 5.41) is 24.2. The van der Waals surface area contributed by atoms with Gasteiger partial charge < -0.3 is 20.2 Å². The van der Waals surface area contributed by atoms with Crippen LogP contribution in [0, 0.1) is 0 Å². The second kappa shape index (κ2) is 7.03. The van der Waals surface area contributed by atoms with Crippen LogP contribution in [0.3, 0.4) is 0 Å². The Bertz CT molecular complexity index is 1580. The predicted molar refractivity (Wildman–Crippen MR) is 135 cm³/mol. The highest BCUT2D eigenvalue weighted by molar-refractivity contribution is 5.93. The summed E-state index contributed by atoms with van der Waals surface area (Å²) in [4.78, 5) is 7.40. The fraction of sp³-hybridized carbons (Fsp3) is 0.0667. The molecule has 6 aromatic rings. The Balaban J connectivity index is 1.66. The van der Waals surface area contributed by atoms with Crippen LogP contribution >= 0.6 is 0 Å². The van der Waals surface area contributed by atoms with Gasteiger partial charge in [-0.05, 0) is 35.4 Å². The summed E-state index contributed by atoms with van der Waals surface area (Å²) in [6.07, 6.45) is 0. The van der Waals surface area contributed by atoms with E-state index >= 15 is 0 Å². The molecule has 0 saturated heterocycles. The number of aromatic hydroxyl groups is 2. The second-order valence-electron chi connectivity index (χ2n) is 8.98. The van der Waals surface area contributed by atoms with Gasteiger partial charge in [-0.2, -0.15) is 0 Å². The number of rotatable bonds is 2. The Labute approximate surface area is 196 Å². The van der Waals surface area contributed by atoms with Crippen LogP contribution in [0.2, 0.25) is 0 Å². The summed E-state index contributed by atoms with van der Waals surface area (Å²) in [5.41, 5.74) is 8.16. The molecule has 4 N–H and O–H groups in total. The molecule has 2 atom stereocenters. The number of H-pyrrole nitrogens is 2. The third kappa shape index (κ3) is 2.54. The van der Waals surface area contributed by atoms with Gasteiger partial charge in [-0.3, -0.25) is 0 Å². The normalized spacial score (nSPS) is 17.1. The minimum Gasteiger partial charge on any atom is -0.508 e. The van der Waals surface area contributed by atoms with Crippen molar-refractivity contribution in [1.29, 1.82) is 0 Å². The highest BCUT2D eigenvalue weighted by atomic mass is 16.3. The van der Waals surface area contributed by atoms with Crippen molar-refractivity contribution in [3.05, 3.63) is 131 Å². The van der Waals surface area contributed by atoms with E-state index in [0.29, 0.717) is 0 Å². The number of fused-ring (bicyclic) bond motifs is 6. The van der Waals surface area contributed by atoms with Crippen LogP contribution in [0.5, 0.6) is 11.5 Å². The molecule has 2 aromatic heterocycles. The van der Waals surface area contributed by atoms with E-state index in [1.165, 1.54) is 0 Å². The Morgan fingerprint density at radius 3 is 1.29 bits per heavy atom. The lowest BCUT2D eigenvalue weighted by atomic mass is 9.72. The lowest BCUT2D eigenvalue weighted by Crippen LogP contribution is -2.19. The van der Waals surface area contributed by atoms with Crippen LogP contribution in [0.1, 0.15) is 45.5 Å². The number of para-hydroxylation sites is 4. The number of phenolic OH excluding ortho intramolecular Hbond substituents is 2. The molecule has 7 rings (SSSR count). The van der Waals surface area contributed by atoms with Gasteiger partial charge in [0, 0.05) is 44.3 Å². The van der Waals surface area contributed by atoms with Crippen LogP contribution in [-0.2, 0) is 0 Å². The average Bonchev–Trinajstić information content (AvgIpc) is 3.43. The molecule has 0 radical (unpaired) electrons. The topological polar surface area (TPSA) is 72.0 Å². The van der Waals surface area contributed by atoms with Gasteiger partial charge >= 0.3 is 0 Å². The smallest absolute Gasteiger partial charge is 0.119 e. The number of hydrogen-bond donors (Lipinski definition) is 4.